The summed E-state index contributed by atoms with van der Waals surface area (Å²) in [6, 6.07) is 0. The van der Waals surface area contributed by atoms with Crippen molar-refractivity contribution in [2.24, 2.45) is 4.99 Å². The molecule has 3 atom stereocenters. The van der Waals surface area contributed by atoms with Gasteiger partial charge in [-0.15, -0.1) is 0 Å². The summed E-state index contributed by atoms with van der Waals surface area (Å²) < 4.78 is 26.9. The Balaban J connectivity index is 2.94. The van der Waals surface area contributed by atoms with Crippen LogP contribution in [0, 0.1) is 0 Å². The van der Waals surface area contributed by atoms with Crippen LogP contribution in [0.5, 0.6) is 0 Å². The average Bonchev–Trinajstić information content (AvgIpc) is 2.43. The van der Waals surface area contributed by atoms with Gasteiger partial charge in [-0.05, 0) is 31.4 Å². The molecule has 0 aromatic carbocycles. The van der Waals surface area contributed by atoms with Crippen LogP contribution in [0.15, 0.2) is 28.9 Å². The van der Waals surface area contributed by atoms with Crippen LogP contribution in [0.2, 0.25) is 0 Å². The van der Waals surface area contributed by atoms with Gasteiger partial charge in [-0.25, -0.2) is 8.78 Å². The first-order valence-electron chi connectivity index (χ1n) is 5.03. The Labute approximate surface area is 91.6 Å². The van der Waals surface area contributed by atoms with Crippen molar-refractivity contribution in [2.75, 3.05) is 0 Å². The second-order valence-electron chi connectivity index (χ2n) is 3.66. The summed E-state index contributed by atoms with van der Waals surface area (Å²) in [5.41, 5.74) is 0.920. The van der Waals surface area contributed by atoms with E-state index in [4.69, 9.17) is 0 Å². The van der Waals surface area contributed by atoms with Gasteiger partial charge < -0.3 is 0 Å². The molecule has 1 rings (SSSR count). The van der Waals surface area contributed by atoms with E-state index in [0.29, 0.717) is 24.1 Å². The van der Waals surface area contributed by atoms with Crippen LogP contribution in [-0.2, 0) is 0 Å². The van der Waals surface area contributed by atoms with Crippen LogP contribution in [-0.4, -0.2) is 17.3 Å². The molecule has 4 heteroatoms. The van der Waals surface area contributed by atoms with Gasteiger partial charge in [0, 0.05) is 6.20 Å². The maximum atomic E-state index is 13.9. The van der Waals surface area contributed by atoms with Gasteiger partial charge in [0.15, 0.2) is 5.41 Å². The van der Waals surface area contributed by atoms with Crippen molar-refractivity contribution >= 4 is 15.0 Å². The summed E-state index contributed by atoms with van der Waals surface area (Å²) in [7, 11) is 2.15. The fourth-order valence-corrected chi connectivity index (χ4v) is 1.42. The third kappa shape index (κ3) is 3.20. The van der Waals surface area contributed by atoms with Crippen molar-refractivity contribution in [1.82, 2.24) is 0 Å². The standard InChI is InChI=1S/C11H16F2NP/c1-3-11(13,15)10-6-4-5-9(7-14-10)8(2)12/h4,6-8H,3,5,15H2,1-2H3. The van der Waals surface area contributed by atoms with Crippen LogP contribution in [0.1, 0.15) is 26.7 Å². The van der Waals surface area contributed by atoms with Gasteiger partial charge in [-0.2, -0.15) is 0 Å². The largest absolute Gasteiger partial charge is 0.257 e. The van der Waals surface area contributed by atoms with E-state index in [0.717, 1.165) is 0 Å². The molecule has 1 heterocycles. The maximum absolute atomic E-state index is 13.9. The molecule has 0 saturated carbocycles. The summed E-state index contributed by atoms with van der Waals surface area (Å²) in [6.07, 6.45) is 4.61. The third-order valence-electron chi connectivity index (χ3n) is 2.45. The second-order valence-corrected chi connectivity index (χ2v) is 4.57. The first kappa shape index (κ1) is 12.5. The van der Waals surface area contributed by atoms with E-state index < -0.39 is 11.6 Å². The molecule has 0 radical (unpaired) electrons. The molecular formula is C11H16F2NP. The van der Waals surface area contributed by atoms with E-state index in [1.165, 1.54) is 13.1 Å². The Kier molecular flexibility index (Phi) is 4.15. The molecule has 84 valence electrons. The zero-order chi connectivity index (χ0) is 11.5. The fourth-order valence-electron chi connectivity index (χ4n) is 1.25. The molecule has 0 aromatic rings. The minimum atomic E-state index is -1.51. The average molecular weight is 231 g/mol. The number of hydrogen-bond donors (Lipinski definition) is 0. The van der Waals surface area contributed by atoms with E-state index in [9.17, 15) is 8.78 Å². The molecule has 0 spiro atoms. The minimum absolute atomic E-state index is 0.329. The number of rotatable bonds is 3. The van der Waals surface area contributed by atoms with Gasteiger partial charge in [0.05, 0.1) is 5.71 Å². The molecule has 0 aromatic heterocycles. The lowest BCUT2D eigenvalue weighted by molar-refractivity contribution is 0.372. The molecule has 0 N–H and O–H groups in total. The van der Waals surface area contributed by atoms with Crippen LogP contribution < -0.4 is 0 Å². The van der Waals surface area contributed by atoms with Gasteiger partial charge in [-0.1, -0.05) is 22.2 Å². The molecule has 0 fully saturated rings. The molecule has 15 heavy (non-hydrogen) atoms. The number of aliphatic imine (C=N–C) groups is 1. The van der Waals surface area contributed by atoms with E-state index in [1.807, 2.05) is 0 Å². The van der Waals surface area contributed by atoms with Crippen molar-refractivity contribution in [3.8, 4) is 0 Å². The van der Waals surface area contributed by atoms with Crippen LogP contribution in [0.3, 0.4) is 0 Å². The first-order valence-corrected chi connectivity index (χ1v) is 5.60. The summed E-state index contributed by atoms with van der Waals surface area (Å²) >= 11 is 0. The third-order valence-corrected chi connectivity index (χ3v) is 3.15. The fraction of sp³-hybridized carbons (Fsp3) is 0.545. The number of allylic oxidation sites excluding steroid dienone is 3. The maximum Gasteiger partial charge on any atom is 0.164 e. The molecule has 0 aliphatic carbocycles. The molecule has 1 aliphatic rings. The van der Waals surface area contributed by atoms with E-state index in [2.05, 4.69) is 14.2 Å². The minimum Gasteiger partial charge on any atom is -0.257 e. The van der Waals surface area contributed by atoms with Crippen LogP contribution in [0.4, 0.5) is 8.78 Å². The van der Waals surface area contributed by atoms with Gasteiger partial charge in [0.1, 0.15) is 6.17 Å². The topological polar surface area (TPSA) is 12.4 Å². The molecule has 0 bridgehead atoms. The molecule has 1 nitrogen and oxygen atoms in total. The normalized spacial score (nSPS) is 22.5. The number of hydrogen-bond acceptors (Lipinski definition) is 1. The van der Waals surface area contributed by atoms with Gasteiger partial charge in [-0.3, -0.25) is 4.99 Å². The lowest BCUT2D eigenvalue weighted by Gasteiger charge is -2.17. The van der Waals surface area contributed by atoms with Gasteiger partial charge in [0.2, 0.25) is 0 Å². The van der Waals surface area contributed by atoms with Crippen molar-refractivity contribution < 1.29 is 8.78 Å². The Morgan fingerprint density at radius 2 is 2.33 bits per heavy atom. The number of alkyl halides is 2. The van der Waals surface area contributed by atoms with Crippen LogP contribution in [0.25, 0.3) is 0 Å². The molecule has 0 saturated heterocycles. The number of nitrogens with zero attached hydrogens (tertiary/aromatic N) is 1. The predicted octanol–water partition coefficient (Wildman–Crippen LogP) is 3.58. The predicted molar refractivity (Wildman–Crippen MR) is 63.7 cm³/mol. The molecular weight excluding hydrogens is 215 g/mol. The van der Waals surface area contributed by atoms with E-state index in [-0.39, 0.29) is 0 Å². The van der Waals surface area contributed by atoms with Crippen molar-refractivity contribution in [3.63, 3.8) is 0 Å². The van der Waals surface area contributed by atoms with E-state index in [1.54, 1.807) is 19.1 Å². The highest BCUT2D eigenvalue weighted by atomic mass is 31.0. The Morgan fingerprint density at radius 3 is 2.87 bits per heavy atom. The quantitative estimate of drug-likeness (QED) is 0.658. The second kappa shape index (κ2) is 4.98. The van der Waals surface area contributed by atoms with Gasteiger partial charge in [0.25, 0.3) is 0 Å². The van der Waals surface area contributed by atoms with E-state index >= 15 is 0 Å². The zero-order valence-electron chi connectivity index (χ0n) is 9.00. The SMILES string of the molecule is CCC(F)(P)C1=NC=C(C(C)F)CC=C1. The molecule has 0 amide bonds. The van der Waals surface area contributed by atoms with Crippen molar-refractivity contribution in [1.29, 1.82) is 0 Å². The summed E-state index contributed by atoms with van der Waals surface area (Å²) in [5, 5.41) is -1.51. The van der Waals surface area contributed by atoms with Gasteiger partial charge >= 0.3 is 0 Å². The van der Waals surface area contributed by atoms with Crippen LogP contribution >= 0.6 is 9.24 Å². The monoisotopic (exact) mass is 231 g/mol. The number of halogens is 2. The lowest BCUT2D eigenvalue weighted by Crippen LogP contribution is -2.23. The summed E-state index contributed by atoms with van der Waals surface area (Å²) in [6.45, 7) is 3.21. The Morgan fingerprint density at radius 1 is 1.67 bits per heavy atom. The smallest absolute Gasteiger partial charge is 0.164 e. The molecule has 1 aliphatic heterocycles. The zero-order valence-corrected chi connectivity index (χ0v) is 10.2. The highest BCUT2D eigenvalue weighted by Crippen LogP contribution is 2.29. The summed E-state index contributed by atoms with van der Waals surface area (Å²) in [5.74, 6) is 0. The summed E-state index contributed by atoms with van der Waals surface area (Å²) in [4.78, 5) is 4.00. The molecule has 3 unspecified atom stereocenters. The lowest BCUT2D eigenvalue weighted by atomic mass is 10.1. The first-order chi connectivity index (χ1) is 6.97. The highest BCUT2D eigenvalue weighted by molar-refractivity contribution is 7.20. The van der Waals surface area contributed by atoms with Crippen molar-refractivity contribution in [2.45, 2.75) is 38.3 Å². The Hall–Kier alpha value is -0.560. The van der Waals surface area contributed by atoms with Crippen molar-refractivity contribution in [3.05, 3.63) is 23.9 Å². The highest BCUT2D eigenvalue weighted by Gasteiger charge is 2.26. The Bertz CT molecular complexity index is 317.